The molecule has 0 spiro atoms. The topological polar surface area (TPSA) is 55.4 Å². The number of imide groups is 1. The standard InChI is InChI=1S/C4H6INO3/c1-2-9-4(8)6-3(5)7/h2H2,1H3,(H,6,7,8). The summed E-state index contributed by atoms with van der Waals surface area (Å²) in [6.07, 6.45) is -0.697. The van der Waals surface area contributed by atoms with Crippen molar-refractivity contribution in [1.29, 1.82) is 0 Å². The summed E-state index contributed by atoms with van der Waals surface area (Å²) in [6, 6.07) is 0. The van der Waals surface area contributed by atoms with Crippen molar-refractivity contribution in [3.05, 3.63) is 0 Å². The van der Waals surface area contributed by atoms with Gasteiger partial charge in [0.1, 0.15) is 0 Å². The number of alkyl carbamates (subject to hydrolysis) is 1. The van der Waals surface area contributed by atoms with Crippen molar-refractivity contribution < 1.29 is 14.3 Å². The fourth-order valence-electron chi connectivity index (χ4n) is 0.247. The van der Waals surface area contributed by atoms with Crippen molar-refractivity contribution in [3.63, 3.8) is 0 Å². The van der Waals surface area contributed by atoms with Crippen LogP contribution in [0.2, 0.25) is 0 Å². The predicted octanol–water partition coefficient (Wildman–Crippen LogP) is 1.29. The van der Waals surface area contributed by atoms with E-state index in [9.17, 15) is 9.59 Å². The smallest absolute Gasteiger partial charge is 0.414 e. The number of carbonyl (C=O) groups is 2. The van der Waals surface area contributed by atoms with Gasteiger partial charge in [0.2, 0.25) is 0 Å². The van der Waals surface area contributed by atoms with Gasteiger partial charge in [0.25, 0.3) is 3.91 Å². The second-order valence-electron chi connectivity index (χ2n) is 1.12. The summed E-state index contributed by atoms with van der Waals surface area (Å²) < 4.78 is 3.94. The van der Waals surface area contributed by atoms with Crippen LogP contribution in [0.15, 0.2) is 0 Å². The fourth-order valence-corrected chi connectivity index (χ4v) is 0.468. The largest absolute Gasteiger partial charge is 0.450 e. The van der Waals surface area contributed by atoms with Crippen molar-refractivity contribution >= 4 is 32.6 Å². The molecule has 0 saturated carbocycles. The van der Waals surface area contributed by atoms with Gasteiger partial charge in [0, 0.05) is 22.6 Å². The van der Waals surface area contributed by atoms with Crippen LogP contribution in [-0.2, 0) is 4.74 Å². The van der Waals surface area contributed by atoms with E-state index in [1.165, 1.54) is 22.6 Å². The monoisotopic (exact) mass is 243 g/mol. The summed E-state index contributed by atoms with van der Waals surface area (Å²) in [5, 5.41) is 1.93. The number of amides is 2. The van der Waals surface area contributed by atoms with Gasteiger partial charge < -0.3 is 4.74 Å². The van der Waals surface area contributed by atoms with E-state index in [1.54, 1.807) is 6.92 Å². The molecule has 0 aliphatic carbocycles. The highest BCUT2D eigenvalue weighted by Gasteiger charge is 2.01. The Labute approximate surface area is 66.1 Å². The summed E-state index contributed by atoms with van der Waals surface area (Å²) in [6.45, 7) is 1.94. The quantitative estimate of drug-likeness (QED) is 0.429. The molecule has 4 nitrogen and oxygen atoms in total. The first-order valence-corrected chi connectivity index (χ1v) is 3.38. The lowest BCUT2D eigenvalue weighted by molar-refractivity contribution is 0.155. The lowest BCUT2D eigenvalue weighted by Crippen LogP contribution is -2.25. The molecule has 0 radical (unpaired) electrons. The third kappa shape index (κ3) is 5.54. The Morgan fingerprint density at radius 2 is 2.22 bits per heavy atom. The van der Waals surface area contributed by atoms with E-state index in [1.807, 2.05) is 5.32 Å². The highest BCUT2D eigenvalue weighted by Crippen LogP contribution is 1.84. The lowest BCUT2D eigenvalue weighted by atomic mass is 10.9. The van der Waals surface area contributed by atoms with Crippen molar-refractivity contribution in [2.75, 3.05) is 6.61 Å². The normalized spacial score (nSPS) is 8.22. The van der Waals surface area contributed by atoms with E-state index < -0.39 is 10.0 Å². The number of ether oxygens (including phenoxy) is 1. The lowest BCUT2D eigenvalue weighted by Gasteiger charge is -1.97. The van der Waals surface area contributed by atoms with Crippen LogP contribution >= 0.6 is 22.6 Å². The van der Waals surface area contributed by atoms with E-state index in [4.69, 9.17) is 0 Å². The summed E-state index contributed by atoms with van der Waals surface area (Å²) in [7, 11) is 0. The molecule has 0 aromatic carbocycles. The van der Waals surface area contributed by atoms with Crippen molar-refractivity contribution in [3.8, 4) is 0 Å². The fraction of sp³-hybridized carbons (Fsp3) is 0.500. The van der Waals surface area contributed by atoms with Gasteiger partial charge in [-0.3, -0.25) is 10.1 Å². The highest BCUT2D eigenvalue weighted by molar-refractivity contribution is 14.1. The zero-order valence-electron chi connectivity index (χ0n) is 4.81. The van der Waals surface area contributed by atoms with Gasteiger partial charge in [-0.1, -0.05) is 0 Å². The van der Waals surface area contributed by atoms with Gasteiger partial charge in [0.05, 0.1) is 6.61 Å². The molecule has 0 rings (SSSR count). The van der Waals surface area contributed by atoms with E-state index in [0.29, 0.717) is 0 Å². The molecular formula is C4H6INO3. The zero-order valence-corrected chi connectivity index (χ0v) is 6.97. The van der Waals surface area contributed by atoms with Gasteiger partial charge in [-0.05, 0) is 6.92 Å². The Bertz CT molecular complexity index is 125. The first-order valence-electron chi connectivity index (χ1n) is 2.30. The molecule has 0 aliphatic heterocycles. The molecular weight excluding hydrogens is 237 g/mol. The van der Waals surface area contributed by atoms with Crippen LogP contribution in [0.4, 0.5) is 9.59 Å². The maximum atomic E-state index is 10.3. The van der Waals surface area contributed by atoms with Gasteiger partial charge in [-0.2, -0.15) is 0 Å². The van der Waals surface area contributed by atoms with Crippen LogP contribution in [0.1, 0.15) is 6.92 Å². The Hall–Kier alpha value is -0.330. The molecule has 0 bridgehead atoms. The first kappa shape index (κ1) is 8.67. The molecule has 0 aromatic rings. The Kier molecular flexibility index (Phi) is 4.37. The maximum Gasteiger partial charge on any atom is 0.414 e. The molecule has 5 heteroatoms. The zero-order chi connectivity index (χ0) is 7.28. The molecule has 2 amide bonds. The Morgan fingerprint density at radius 1 is 1.67 bits per heavy atom. The van der Waals surface area contributed by atoms with Gasteiger partial charge in [-0.15, -0.1) is 0 Å². The van der Waals surface area contributed by atoms with Crippen molar-refractivity contribution in [2.24, 2.45) is 0 Å². The van der Waals surface area contributed by atoms with Crippen LogP contribution in [0, 0.1) is 0 Å². The summed E-state index contributed by atoms with van der Waals surface area (Å²) in [5.74, 6) is 0. The molecule has 0 aliphatic rings. The van der Waals surface area contributed by atoms with E-state index in [-0.39, 0.29) is 6.61 Å². The average Bonchev–Trinajstić information content (AvgIpc) is 1.63. The predicted molar refractivity (Wildman–Crippen MR) is 39.6 cm³/mol. The molecule has 0 unspecified atom stereocenters. The van der Waals surface area contributed by atoms with Crippen LogP contribution in [0.3, 0.4) is 0 Å². The minimum Gasteiger partial charge on any atom is -0.450 e. The van der Waals surface area contributed by atoms with Gasteiger partial charge in [-0.25, -0.2) is 4.79 Å². The number of hydrogen-bond acceptors (Lipinski definition) is 3. The number of hydrogen-bond donors (Lipinski definition) is 1. The minimum atomic E-state index is -0.697. The van der Waals surface area contributed by atoms with Crippen LogP contribution < -0.4 is 5.32 Å². The Balaban J connectivity index is 3.39. The second kappa shape index (κ2) is 4.54. The first-order chi connectivity index (χ1) is 4.16. The van der Waals surface area contributed by atoms with E-state index in [0.717, 1.165) is 0 Å². The maximum absolute atomic E-state index is 10.3. The molecule has 0 heterocycles. The van der Waals surface area contributed by atoms with E-state index in [2.05, 4.69) is 4.74 Å². The molecule has 0 atom stereocenters. The van der Waals surface area contributed by atoms with Crippen LogP contribution in [0.5, 0.6) is 0 Å². The summed E-state index contributed by atoms with van der Waals surface area (Å²) in [5.41, 5.74) is 0. The number of nitrogens with one attached hydrogen (secondary N) is 1. The minimum absolute atomic E-state index is 0.274. The van der Waals surface area contributed by atoms with Crippen molar-refractivity contribution in [2.45, 2.75) is 6.92 Å². The second-order valence-corrected chi connectivity index (χ2v) is 2.10. The van der Waals surface area contributed by atoms with Gasteiger partial charge >= 0.3 is 6.09 Å². The Morgan fingerprint density at radius 3 is 2.56 bits per heavy atom. The van der Waals surface area contributed by atoms with Crippen molar-refractivity contribution in [1.82, 2.24) is 5.32 Å². The van der Waals surface area contributed by atoms with E-state index >= 15 is 0 Å². The molecule has 0 saturated heterocycles. The summed E-state index contributed by atoms with van der Waals surface area (Å²) in [4.78, 5) is 20.4. The number of carbonyl (C=O) groups excluding carboxylic acids is 2. The van der Waals surface area contributed by atoms with Gasteiger partial charge in [0.15, 0.2) is 0 Å². The SMILES string of the molecule is CCOC(=O)NC(=O)I. The molecule has 52 valence electrons. The highest BCUT2D eigenvalue weighted by atomic mass is 127. The number of halogens is 1. The third-order valence-corrected chi connectivity index (χ3v) is 0.745. The van der Waals surface area contributed by atoms with Crippen LogP contribution in [0.25, 0.3) is 0 Å². The number of rotatable bonds is 1. The summed E-state index contributed by atoms with van der Waals surface area (Å²) >= 11 is 1.45. The van der Waals surface area contributed by atoms with Crippen LogP contribution in [-0.4, -0.2) is 16.6 Å². The average molecular weight is 243 g/mol. The molecule has 9 heavy (non-hydrogen) atoms. The third-order valence-electron chi connectivity index (χ3n) is 0.476. The molecule has 1 N–H and O–H groups in total. The molecule has 0 fully saturated rings. The molecule has 0 aromatic heterocycles.